The van der Waals surface area contributed by atoms with Crippen molar-refractivity contribution in [3.63, 3.8) is 0 Å². The lowest BCUT2D eigenvalue weighted by molar-refractivity contribution is -0.384. The highest BCUT2D eigenvalue weighted by Crippen LogP contribution is 2.50. The predicted octanol–water partition coefficient (Wildman–Crippen LogP) is 0.953. The monoisotopic (exact) mass is 236 g/mol. The van der Waals surface area contributed by atoms with Crippen molar-refractivity contribution in [2.75, 3.05) is 7.11 Å². The van der Waals surface area contributed by atoms with E-state index in [-0.39, 0.29) is 11.6 Å². The SMILES string of the molecule is COC(=O)C1(N)CC1c1ccc([N+](=O)[O-])cc1. The first-order valence-corrected chi connectivity index (χ1v) is 5.10. The summed E-state index contributed by atoms with van der Waals surface area (Å²) in [4.78, 5) is 21.4. The van der Waals surface area contributed by atoms with Gasteiger partial charge in [-0.15, -0.1) is 0 Å². The highest BCUT2D eigenvalue weighted by atomic mass is 16.6. The lowest BCUT2D eigenvalue weighted by Crippen LogP contribution is -2.35. The normalized spacial score (nSPS) is 26.4. The van der Waals surface area contributed by atoms with Gasteiger partial charge < -0.3 is 10.5 Å². The fourth-order valence-electron chi connectivity index (χ4n) is 1.94. The quantitative estimate of drug-likeness (QED) is 0.479. The third-order valence-corrected chi connectivity index (χ3v) is 3.08. The number of nitrogens with two attached hydrogens (primary N) is 1. The zero-order valence-corrected chi connectivity index (χ0v) is 9.25. The summed E-state index contributed by atoms with van der Waals surface area (Å²) < 4.78 is 4.62. The van der Waals surface area contributed by atoms with E-state index >= 15 is 0 Å². The van der Waals surface area contributed by atoms with E-state index in [4.69, 9.17) is 5.73 Å². The van der Waals surface area contributed by atoms with Crippen molar-refractivity contribution in [2.24, 2.45) is 5.73 Å². The molecule has 0 heterocycles. The number of nitro groups is 1. The van der Waals surface area contributed by atoms with Crippen LogP contribution >= 0.6 is 0 Å². The van der Waals surface area contributed by atoms with Crippen LogP contribution in [0.15, 0.2) is 24.3 Å². The van der Waals surface area contributed by atoms with Crippen LogP contribution in [0.3, 0.4) is 0 Å². The molecule has 0 amide bonds. The number of non-ortho nitro benzene ring substituents is 1. The van der Waals surface area contributed by atoms with Crippen molar-refractivity contribution in [1.29, 1.82) is 0 Å². The Morgan fingerprint density at radius 1 is 1.53 bits per heavy atom. The van der Waals surface area contributed by atoms with Gasteiger partial charge in [0.2, 0.25) is 0 Å². The van der Waals surface area contributed by atoms with Crippen molar-refractivity contribution in [1.82, 2.24) is 0 Å². The molecule has 2 atom stereocenters. The first-order chi connectivity index (χ1) is 7.99. The van der Waals surface area contributed by atoms with Gasteiger partial charge in [0.1, 0.15) is 5.54 Å². The maximum atomic E-state index is 11.4. The number of benzene rings is 1. The van der Waals surface area contributed by atoms with Crippen LogP contribution in [-0.2, 0) is 9.53 Å². The van der Waals surface area contributed by atoms with Crippen molar-refractivity contribution in [3.05, 3.63) is 39.9 Å². The van der Waals surface area contributed by atoms with Gasteiger partial charge in [-0.2, -0.15) is 0 Å². The minimum atomic E-state index is -0.967. The Balaban J connectivity index is 2.16. The molecule has 0 bridgehead atoms. The van der Waals surface area contributed by atoms with Gasteiger partial charge >= 0.3 is 5.97 Å². The zero-order valence-electron chi connectivity index (χ0n) is 9.25. The fraction of sp³-hybridized carbons (Fsp3) is 0.364. The summed E-state index contributed by atoms with van der Waals surface area (Å²) in [5, 5.41) is 10.5. The molecular weight excluding hydrogens is 224 g/mol. The Morgan fingerprint density at radius 2 is 2.12 bits per heavy atom. The number of nitrogens with zero attached hydrogens (tertiary/aromatic N) is 1. The molecule has 90 valence electrons. The number of ether oxygens (including phenoxy) is 1. The molecule has 6 nitrogen and oxygen atoms in total. The summed E-state index contributed by atoms with van der Waals surface area (Å²) in [6, 6.07) is 6.07. The molecule has 1 aliphatic carbocycles. The van der Waals surface area contributed by atoms with Gasteiger partial charge in [-0.3, -0.25) is 14.9 Å². The molecule has 0 saturated heterocycles. The Labute approximate surface area is 97.5 Å². The zero-order chi connectivity index (χ0) is 12.6. The highest BCUT2D eigenvalue weighted by molar-refractivity contribution is 5.86. The van der Waals surface area contributed by atoms with Crippen LogP contribution in [0.5, 0.6) is 0 Å². The maximum Gasteiger partial charge on any atom is 0.326 e. The standard InChI is InChI=1S/C11H12N2O4/c1-17-10(14)11(12)6-9(11)7-2-4-8(5-3-7)13(15)16/h2-5,9H,6,12H2,1H3. The Kier molecular flexibility index (Phi) is 2.59. The first-order valence-electron chi connectivity index (χ1n) is 5.10. The number of hydrogen-bond donors (Lipinski definition) is 1. The van der Waals surface area contributed by atoms with Crippen molar-refractivity contribution in [2.45, 2.75) is 17.9 Å². The molecule has 17 heavy (non-hydrogen) atoms. The minimum absolute atomic E-state index is 0.0232. The molecule has 2 rings (SSSR count). The summed E-state index contributed by atoms with van der Waals surface area (Å²) in [5.41, 5.74) is 5.74. The van der Waals surface area contributed by atoms with Crippen LogP contribution in [0.2, 0.25) is 0 Å². The number of carbonyl (C=O) groups excluding carboxylic acids is 1. The van der Waals surface area contributed by atoms with Gasteiger partial charge in [-0.05, 0) is 12.0 Å². The van der Waals surface area contributed by atoms with Crippen LogP contribution in [0.4, 0.5) is 5.69 Å². The number of nitro benzene ring substituents is 1. The van der Waals surface area contributed by atoms with Crippen LogP contribution in [0, 0.1) is 10.1 Å². The molecule has 0 aliphatic heterocycles. The Bertz CT molecular complexity index is 471. The number of rotatable bonds is 3. The molecule has 2 N–H and O–H groups in total. The summed E-state index contributed by atoms with van der Waals surface area (Å²) in [7, 11) is 1.29. The molecular formula is C11H12N2O4. The average molecular weight is 236 g/mol. The smallest absolute Gasteiger partial charge is 0.326 e. The second kappa shape index (κ2) is 3.81. The summed E-state index contributed by atoms with van der Waals surface area (Å²) in [6.07, 6.45) is 0.511. The Morgan fingerprint density at radius 3 is 2.59 bits per heavy atom. The van der Waals surface area contributed by atoms with E-state index in [2.05, 4.69) is 4.74 Å². The van der Waals surface area contributed by atoms with E-state index in [1.54, 1.807) is 12.1 Å². The lowest BCUT2D eigenvalue weighted by atomic mass is 10.1. The van der Waals surface area contributed by atoms with Crippen LogP contribution < -0.4 is 5.73 Å². The summed E-state index contributed by atoms with van der Waals surface area (Å²) >= 11 is 0. The second-order valence-corrected chi connectivity index (χ2v) is 4.14. The van der Waals surface area contributed by atoms with E-state index in [9.17, 15) is 14.9 Å². The highest BCUT2D eigenvalue weighted by Gasteiger charge is 2.58. The molecule has 1 saturated carbocycles. The largest absolute Gasteiger partial charge is 0.468 e. The molecule has 1 aromatic rings. The van der Waals surface area contributed by atoms with Gasteiger partial charge in [0.25, 0.3) is 5.69 Å². The number of carbonyl (C=O) groups is 1. The molecule has 2 unspecified atom stereocenters. The van der Waals surface area contributed by atoms with E-state index in [0.29, 0.717) is 6.42 Å². The van der Waals surface area contributed by atoms with Gasteiger partial charge in [0, 0.05) is 18.1 Å². The van der Waals surface area contributed by atoms with E-state index < -0.39 is 16.4 Å². The second-order valence-electron chi connectivity index (χ2n) is 4.14. The fourth-order valence-corrected chi connectivity index (χ4v) is 1.94. The van der Waals surface area contributed by atoms with Gasteiger partial charge in [-0.1, -0.05) is 12.1 Å². The van der Waals surface area contributed by atoms with Crippen LogP contribution in [0.25, 0.3) is 0 Å². The van der Waals surface area contributed by atoms with Crippen molar-refractivity contribution >= 4 is 11.7 Å². The maximum absolute atomic E-state index is 11.4. The molecule has 0 aromatic heterocycles. The van der Waals surface area contributed by atoms with Gasteiger partial charge in [-0.25, -0.2) is 0 Å². The average Bonchev–Trinajstić information content (AvgIpc) is 3.02. The van der Waals surface area contributed by atoms with E-state index in [0.717, 1.165) is 5.56 Å². The third kappa shape index (κ3) is 1.87. The van der Waals surface area contributed by atoms with Gasteiger partial charge in [0.15, 0.2) is 0 Å². The molecule has 6 heteroatoms. The van der Waals surface area contributed by atoms with E-state index in [1.807, 2.05) is 0 Å². The third-order valence-electron chi connectivity index (χ3n) is 3.08. The topological polar surface area (TPSA) is 95.5 Å². The lowest BCUT2D eigenvalue weighted by Gasteiger charge is -2.08. The Hall–Kier alpha value is -1.95. The number of esters is 1. The molecule has 1 fully saturated rings. The number of methoxy groups -OCH3 is 1. The summed E-state index contributed by atoms with van der Waals surface area (Å²) in [5.74, 6) is -0.559. The van der Waals surface area contributed by atoms with Gasteiger partial charge in [0.05, 0.1) is 12.0 Å². The first kappa shape index (κ1) is 11.5. The molecule has 0 spiro atoms. The van der Waals surface area contributed by atoms with Crippen molar-refractivity contribution < 1.29 is 14.5 Å². The molecule has 0 radical (unpaired) electrons. The van der Waals surface area contributed by atoms with Crippen LogP contribution in [-0.4, -0.2) is 23.5 Å². The van der Waals surface area contributed by atoms with Crippen LogP contribution in [0.1, 0.15) is 17.9 Å². The predicted molar refractivity (Wildman–Crippen MR) is 59.4 cm³/mol. The summed E-state index contributed by atoms with van der Waals surface area (Å²) in [6.45, 7) is 0. The molecule has 1 aliphatic rings. The van der Waals surface area contributed by atoms with E-state index in [1.165, 1.54) is 19.2 Å². The van der Waals surface area contributed by atoms with Crippen molar-refractivity contribution in [3.8, 4) is 0 Å². The number of hydrogen-bond acceptors (Lipinski definition) is 5. The minimum Gasteiger partial charge on any atom is -0.468 e. The molecule has 1 aromatic carbocycles.